The molecule has 0 aromatic heterocycles. The van der Waals surface area contributed by atoms with Crippen molar-refractivity contribution in [2.75, 3.05) is 6.54 Å². The Bertz CT molecular complexity index is 589. The lowest BCUT2D eigenvalue weighted by Gasteiger charge is -2.32. The summed E-state index contributed by atoms with van der Waals surface area (Å²) >= 11 is 9.40. The largest absolute Gasteiger partial charge is 0.244 e. The summed E-state index contributed by atoms with van der Waals surface area (Å²) in [5.41, 5.74) is 0.860. The van der Waals surface area contributed by atoms with Gasteiger partial charge in [-0.25, -0.2) is 8.42 Å². The highest BCUT2D eigenvalue weighted by Gasteiger charge is 2.32. The zero-order valence-electron chi connectivity index (χ0n) is 11.0. The van der Waals surface area contributed by atoms with Gasteiger partial charge in [-0.05, 0) is 60.3 Å². The van der Waals surface area contributed by atoms with Gasteiger partial charge in [0.1, 0.15) is 0 Å². The fourth-order valence-corrected chi connectivity index (χ4v) is 5.45. The molecule has 0 N–H and O–H groups in total. The van der Waals surface area contributed by atoms with Crippen LogP contribution in [-0.4, -0.2) is 25.3 Å². The molecule has 0 radical (unpaired) electrons. The van der Waals surface area contributed by atoms with Gasteiger partial charge in [-0.15, -0.1) is 0 Å². The lowest BCUT2D eigenvalue weighted by molar-refractivity contribution is 0.268. The molecular formula is C13H17BrClNO2S. The van der Waals surface area contributed by atoms with Crippen LogP contribution in [0.4, 0.5) is 0 Å². The standard InChI is InChI=1S/C13H17BrClNO2S/c1-9-7-11(14)13(8-12(9)15)19(17,18)16-6-4-3-5-10(16)2/h7-8,10H,3-6H2,1-2H3/t10-/m0/s1. The van der Waals surface area contributed by atoms with Crippen LogP contribution in [0.2, 0.25) is 5.02 Å². The number of aryl methyl sites for hydroxylation is 1. The summed E-state index contributed by atoms with van der Waals surface area (Å²) < 4.78 is 27.6. The van der Waals surface area contributed by atoms with Crippen molar-refractivity contribution in [1.29, 1.82) is 0 Å². The quantitative estimate of drug-likeness (QED) is 0.794. The molecule has 2 rings (SSSR count). The second kappa shape index (κ2) is 5.72. The van der Waals surface area contributed by atoms with Crippen LogP contribution in [0, 0.1) is 6.92 Å². The van der Waals surface area contributed by atoms with Gasteiger partial charge in [0.15, 0.2) is 0 Å². The van der Waals surface area contributed by atoms with Crippen molar-refractivity contribution in [2.24, 2.45) is 0 Å². The van der Waals surface area contributed by atoms with Gasteiger partial charge in [0, 0.05) is 22.1 Å². The molecule has 1 saturated heterocycles. The summed E-state index contributed by atoms with van der Waals surface area (Å²) in [7, 11) is -3.48. The maximum absolute atomic E-state index is 12.7. The van der Waals surface area contributed by atoms with E-state index in [0.29, 0.717) is 16.0 Å². The van der Waals surface area contributed by atoms with Gasteiger partial charge in [0.25, 0.3) is 0 Å². The number of rotatable bonds is 2. The van der Waals surface area contributed by atoms with Crippen LogP contribution in [0.1, 0.15) is 31.7 Å². The van der Waals surface area contributed by atoms with Crippen LogP contribution in [0.3, 0.4) is 0 Å². The number of nitrogens with zero attached hydrogens (tertiary/aromatic N) is 1. The van der Waals surface area contributed by atoms with E-state index < -0.39 is 10.0 Å². The summed E-state index contributed by atoms with van der Waals surface area (Å²) in [4.78, 5) is 0.261. The topological polar surface area (TPSA) is 37.4 Å². The Morgan fingerprint density at radius 2 is 2.05 bits per heavy atom. The molecule has 1 fully saturated rings. The summed E-state index contributed by atoms with van der Waals surface area (Å²) in [5.74, 6) is 0. The van der Waals surface area contributed by atoms with Gasteiger partial charge in [-0.3, -0.25) is 0 Å². The average Bonchev–Trinajstić information content (AvgIpc) is 2.34. The molecule has 0 saturated carbocycles. The molecular weight excluding hydrogens is 350 g/mol. The lowest BCUT2D eigenvalue weighted by atomic mass is 10.1. The van der Waals surface area contributed by atoms with E-state index in [9.17, 15) is 8.42 Å². The van der Waals surface area contributed by atoms with Crippen molar-refractivity contribution >= 4 is 37.6 Å². The lowest BCUT2D eigenvalue weighted by Crippen LogP contribution is -2.42. The third-order valence-corrected chi connectivity index (χ3v) is 6.92. The van der Waals surface area contributed by atoms with Crippen molar-refractivity contribution in [2.45, 2.75) is 44.0 Å². The first kappa shape index (κ1) is 15.3. The minimum atomic E-state index is -3.48. The van der Waals surface area contributed by atoms with Gasteiger partial charge in [-0.1, -0.05) is 18.0 Å². The highest BCUT2D eigenvalue weighted by molar-refractivity contribution is 9.10. The third-order valence-electron chi connectivity index (χ3n) is 3.54. The number of hydrogen-bond donors (Lipinski definition) is 0. The molecule has 0 unspecified atom stereocenters. The number of hydrogen-bond acceptors (Lipinski definition) is 2. The van der Waals surface area contributed by atoms with Gasteiger partial charge in [0.05, 0.1) is 4.90 Å². The van der Waals surface area contributed by atoms with Crippen molar-refractivity contribution in [1.82, 2.24) is 4.31 Å². The Labute approximate surface area is 128 Å². The van der Waals surface area contributed by atoms with Crippen molar-refractivity contribution < 1.29 is 8.42 Å². The summed E-state index contributed by atoms with van der Waals surface area (Å²) in [6, 6.07) is 3.34. The van der Waals surface area contributed by atoms with Crippen molar-refractivity contribution in [3.63, 3.8) is 0 Å². The fourth-order valence-electron chi connectivity index (χ4n) is 2.38. The van der Waals surface area contributed by atoms with Gasteiger partial charge in [-0.2, -0.15) is 4.31 Å². The van der Waals surface area contributed by atoms with E-state index in [-0.39, 0.29) is 10.9 Å². The number of sulfonamides is 1. The predicted octanol–water partition coefficient (Wildman–Crippen LogP) is 3.97. The second-order valence-electron chi connectivity index (χ2n) is 4.99. The number of halogens is 2. The maximum Gasteiger partial charge on any atom is 0.244 e. The van der Waals surface area contributed by atoms with Crippen LogP contribution in [0.25, 0.3) is 0 Å². The number of benzene rings is 1. The van der Waals surface area contributed by atoms with Crippen LogP contribution < -0.4 is 0 Å². The van der Waals surface area contributed by atoms with Crippen LogP contribution in [0.5, 0.6) is 0 Å². The molecule has 0 spiro atoms. The van der Waals surface area contributed by atoms with E-state index in [2.05, 4.69) is 15.9 Å². The molecule has 6 heteroatoms. The van der Waals surface area contributed by atoms with E-state index in [0.717, 1.165) is 24.8 Å². The zero-order valence-corrected chi connectivity index (χ0v) is 14.1. The molecule has 1 aliphatic rings. The molecule has 1 aromatic rings. The van der Waals surface area contributed by atoms with E-state index >= 15 is 0 Å². The molecule has 1 atom stereocenters. The summed E-state index contributed by atoms with van der Waals surface area (Å²) in [6.45, 7) is 4.40. The molecule has 106 valence electrons. The molecule has 1 aliphatic heterocycles. The molecule has 19 heavy (non-hydrogen) atoms. The van der Waals surface area contributed by atoms with Gasteiger partial charge < -0.3 is 0 Å². The van der Waals surface area contributed by atoms with E-state index in [1.165, 1.54) is 6.07 Å². The predicted molar refractivity (Wildman–Crippen MR) is 81.1 cm³/mol. The minimum absolute atomic E-state index is 0.0470. The van der Waals surface area contributed by atoms with Gasteiger partial charge >= 0.3 is 0 Å². The van der Waals surface area contributed by atoms with E-state index in [1.54, 1.807) is 10.4 Å². The molecule has 0 amide bonds. The highest BCUT2D eigenvalue weighted by atomic mass is 79.9. The fraction of sp³-hybridized carbons (Fsp3) is 0.538. The Morgan fingerprint density at radius 1 is 1.37 bits per heavy atom. The Balaban J connectivity index is 2.47. The highest BCUT2D eigenvalue weighted by Crippen LogP contribution is 2.33. The first-order valence-corrected chi connectivity index (χ1v) is 8.92. The van der Waals surface area contributed by atoms with Crippen LogP contribution in [-0.2, 0) is 10.0 Å². The molecule has 0 bridgehead atoms. The summed E-state index contributed by atoms with van der Waals surface area (Å²) in [5, 5.41) is 0.478. The molecule has 3 nitrogen and oxygen atoms in total. The normalized spacial score (nSPS) is 21.6. The van der Waals surface area contributed by atoms with E-state index in [4.69, 9.17) is 11.6 Å². The zero-order chi connectivity index (χ0) is 14.2. The number of piperidine rings is 1. The Kier molecular flexibility index (Phi) is 4.60. The molecule has 1 heterocycles. The molecule has 0 aliphatic carbocycles. The SMILES string of the molecule is Cc1cc(Br)c(S(=O)(=O)N2CCCC[C@@H]2C)cc1Cl. The van der Waals surface area contributed by atoms with Gasteiger partial charge in [0.2, 0.25) is 10.0 Å². The van der Waals surface area contributed by atoms with E-state index in [1.807, 2.05) is 13.8 Å². The first-order valence-electron chi connectivity index (χ1n) is 6.31. The maximum atomic E-state index is 12.7. The van der Waals surface area contributed by atoms with Crippen LogP contribution >= 0.6 is 27.5 Å². The van der Waals surface area contributed by atoms with Crippen LogP contribution in [0.15, 0.2) is 21.5 Å². The van der Waals surface area contributed by atoms with Crippen molar-refractivity contribution in [3.8, 4) is 0 Å². The smallest absolute Gasteiger partial charge is 0.207 e. The minimum Gasteiger partial charge on any atom is -0.207 e. The molecule has 1 aromatic carbocycles. The third kappa shape index (κ3) is 2.99. The monoisotopic (exact) mass is 365 g/mol. The average molecular weight is 367 g/mol. The first-order chi connectivity index (χ1) is 8.84. The van der Waals surface area contributed by atoms with Crippen molar-refractivity contribution in [3.05, 3.63) is 27.2 Å². The second-order valence-corrected chi connectivity index (χ2v) is 8.11. The Hall–Kier alpha value is -0.100. The Morgan fingerprint density at radius 3 is 2.68 bits per heavy atom. The summed E-state index contributed by atoms with van der Waals surface area (Å²) in [6.07, 6.45) is 2.92.